The fourth-order valence-corrected chi connectivity index (χ4v) is 4.60. The number of ether oxygens (including phenoxy) is 1. The summed E-state index contributed by atoms with van der Waals surface area (Å²) in [6.45, 7) is 0.381. The lowest BCUT2D eigenvalue weighted by molar-refractivity contribution is -0.386. The predicted octanol–water partition coefficient (Wildman–Crippen LogP) is 5.75. The number of nitro benzene ring substituents is 2. The van der Waals surface area contributed by atoms with Crippen LogP contribution in [-0.2, 0) is 11.3 Å². The lowest BCUT2D eigenvalue weighted by Gasteiger charge is -2.26. The van der Waals surface area contributed by atoms with E-state index < -0.39 is 4.92 Å². The molecule has 0 spiro atoms. The average Bonchev–Trinajstić information content (AvgIpc) is 3.22. The van der Waals surface area contributed by atoms with Gasteiger partial charge in [0.05, 0.1) is 22.6 Å². The monoisotopic (exact) mass is 418 g/mol. The summed E-state index contributed by atoms with van der Waals surface area (Å²) in [7, 11) is 0. The molecule has 1 fully saturated rings. The molecule has 7 heteroatoms. The standard InChI is InChI=1S/C24H22N2O5/c27-25(28)21-12-6-4-10-18(21)19-14-15-23(31-16-17-8-2-1-3-9-17)24(19)20-11-5-7-13-22(20)26(29)30/h1-13,19,23-24H,14-16H2. The number of para-hydroxylation sites is 2. The van der Waals surface area contributed by atoms with Crippen molar-refractivity contribution in [2.24, 2.45) is 0 Å². The van der Waals surface area contributed by atoms with Crippen molar-refractivity contribution in [2.75, 3.05) is 0 Å². The summed E-state index contributed by atoms with van der Waals surface area (Å²) in [5, 5.41) is 23.4. The number of benzene rings is 3. The Morgan fingerprint density at radius 3 is 1.94 bits per heavy atom. The Hall–Kier alpha value is -3.58. The van der Waals surface area contributed by atoms with Crippen LogP contribution in [0.4, 0.5) is 11.4 Å². The van der Waals surface area contributed by atoms with Gasteiger partial charge in [-0.2, -0.15) is 0 Å². The Labute approximate surface area is 179 Å². The van der Waals surface area contributed by atoms with Gasteiger partial charge in [-0.15, -0.1) is 0 Å². The molecule has 0 radical (unpaired) electrons. The molecular formula is C24H22N2O5. The van der Waals surface area contributed by atoms with Gasteiger partial charge in [0.1, 0.15) is 0 Å². The van der Waals surface area contributed by atoms with Crippen LogP contribution in [-0.4, -0.2) is 16.0 Å². The van der Waals surface area contributed by atoms with Crippen LogP contribution in [0.25, 0.3) is 0 Å². The first-order chi connectivity index (χ1) is 15.1. The number of hydrogen-bond acceptors (Lipinski definition) is 5. The Kier molecular flexibility index (Phi) is 6.04. The number of nitro groups is 2. The van der Waals surface area contributed by atoms with E-state index in [9.17, 15) is 20.2 Å². The van der Waals surface area contributed by atoms with Crippen molar-refractivity contribution in [1.29, 1.82) is 0 Å². The van der Waals surface area contributed by atoms with E-state index in [-0.39, 0.29) is 34.2 Å². The first-order valence-corrected chi connectivity index (χ1v) is 10.2. The summed E-state index contributed by atoms with van der Waals surface area (Å²) in [5.74, 6) is -0.602. The summed E-state index contributed by atoms with van der Waals surface area (Å²) in [4.78, 5) is 22.6. The van der Waals surface area contributed by atoms with E-state index in [1.807, 2.05) is 30.3 Å². The molecule has 1 saturated carbocycles. The molecular weight excluding hydrogens is 396 g/mol. The molecule has 0 heterocycles. The van der Waals surface area contributed by atoms with Gasteiger partial charge in [0.2, 0.25) is 0 Å². The summed E-state index contributed by atoms with van der Waals surface area (Å²) in [6.07, 6.45) is 1.03. The zero-order chi connectivity index (χ0) is 21.8. The lowest BCUT2D eigenvalue weighted by Crippen LogP contribution is -2.21. The highest BCUT2D eigenvalue weighted by atomic mass is 16.6. The molecule has 4 rings (SSSR count). The van der Waals surface area contributed by atoms with E-state index in [0.717, 1.165) is 5.56 Å². The third kappa shape index (κ3) is 4.32. The number of hydrogen-bond donors (Lipinski definition) is 0. The minimum atomic E-state index is -0.391. The van der Waals surface area contributed by atoms with Crippen molar-refractivity contribution in [3.05, 3.63) is 116 Å². The first kappa shape index (κ1) is 20.7. The molecule has 0 bridgehead atoms. The highest BCUT2D eigenvalue weighted by Gasteiger charge is 2.43. The van der Waals surface area contributed by atoms with E-state index in [1.165, 1.54) is 12.1 Å². The Morgan fingerprint density at radius 2 is 1.29 bits per heavy atom. The normalized spacial score (nSPS) is 20.5. The second kappa shape index (κ2) is 9.06. The minimum Gasteiger partial charge on any atom is -0.373 e. The third-order valence-corrected chi connectivity index (χ3v) is 5.93. The molecule has 0 aliphatic heterocycles. The predicted molar refractivity (Wildman–Crippen MR) is 116 cm³/mol. The zero-order valence-electron chi connectivity index (χ0n) is 16.8. The van der Waals surface area contributed by atoms with Crippen LogP contribution >= 0.6 is 0 Å². The number of nitrogens with zero attached hydrogens (tertiary/aromatic N) is 2. The summed E-state index contributed by atoms with van der Waals surface area (Å²) >= 11 is 0. The van der Waals surface area contributed by atoms with Crippen LogP contribution in [0.5, 0.6) is 0 Å². The maximum absolute atomic E-state index is 11.7. The minimum absolute atomic E-state index is 0.0197. The maximum atomic E-state index is 11.7. The molecule has 1 aliphatic carbocycles. The van der Waals surface area contributed by atoms with Gasteiger partial charge in [0.15, 0.2) is 0 Å². The van der Waals surface area contributed by atoms with Crippen molar-refractivity contribution >= 4 is 11.4 Å². The summed E-state index contributed by atoms with van der Waals surface area (Å²) in [6, 6.07) is 23.0. The zero-order valence-corrected chi connectivity index (χ0v) is 16.8. The average molecular weight is 418 g/mol. The second-order valence-electron chi connectivity index (χ2n) is 7.68. The Bertz CT molecular complexity index is 1090. The quantitative estimate of drug-likeness (QED) is 0.360. The van der Waals surface area contributed by atoms with Crippen molar-refractivity contribution in [2.45, 2.75) is 37.4 Å². The van der Waals surface area contributed by atoms with Crippen molar-refractivity contribution < 1.29 is 14.6 Å². The van der Waals surface area contributed by atoms with E-state index in [1.54, 1.807) is 36.4 Å². The first-order valence-electron chi connectivity index (χ1n) is 10.2. The molecule has 158 valence electrons. The van der Waals surface area contributed by atoms with E-state index in [4.69, 9.17) is 4.74 Å². The Balaban J connectivity index is 1.74. The van der Waals surface area contributed by atoms with Crippen LogP contribution in [0.2, 0.25) is 0 Å². The molecule has 3 atom stereocenters. The van der Waals surface area contributed by atoms with Crippen LogP contribution in [0.15, 0.2) is 78.9 Å². The Morgan fingerprint density at radius 1 is 0.742 bits per heavy atom. The van der Waals surface area contributed by atoms with Gasteiger partial charge in [-0.1, -0.05) is 66.7 Å². The van der Waals surface area contributed by atoms with Gasteiger partial charge in [0, 0.05) is 35.1 Å². The smallest absolute Gasteiger partial charge is 0.272 e. The molecule has 0 aromatic heterocycles. The molecule has 31 heavy (non-hydrogen) atoms. The molecule has 0 N–H and O–H groups in total. The second-order valence-corrected chi connectivity index (χ2v) is 7.68. The fourth-order valence-electron chi connectivity index (χ4n) is 4.60. The van der Waals surface area contributed by atoms with E-state index in [2.05, 4.69) is 0 Å². The van der Waals surface area contributed by atoms with Gasteiger partial charge in [-0.3, -0.25) is 20.2 Å². The van der Waals surface area contributed by atoms with Crippen LogP contribution in [0, 0.1) is 20.2 Å². The van der Waals surface area contributed by atoms with Crippen LogP contribution in [0.1, 0.15) is 41.4 Å². The molecule has 0 amide bonds. The highest BCUT2D eigenvalue weighted by Crippen LogP contribution is 2.51. The molecule has 3 aromatic rings. The maximum Gasteiger partial charge on any atom is 0.272 e. The van der Waals surface area contributed by atoms with Crippen LogP contribution < -0.4 is 0 Å². The van der Waals surface area contributed by atoms with Crippen molar-refractivity contribution in [3.63, 3.8) is 0 Å². The van der Waals surface area contributed by atoms with Crippen molar-refractivity contribution in [3.8, 4) is 0 Å². The van der Waals surface area contributed by atoms with Gasteiger partial charge in [0.25, 0.3) is 11.4 Å². The lowest BCUT2D eigenvalue weighted by atomic mass is 9.81. The fraction of sp³-hybridized carbons (Fsp3) is 0.250. The summed E-state index contributed by atoms with van der Waals surface area (Å²) < 4.78 is 6.25. The van der Waals surface area contributed by atoms with E-state index in [0.29, 0.717) is 30.6 Å². The number of rotatable bonds is 7. The molecule has 7 nitrogen and oxygen atoms in total. The van der Waals surface area contributed by atoms with Gasteiger partial charge in [-0.25, -0.2) is 0 Å². The van der Waals surface area contributed by atoms with Crippen molar-refractivity contribution in [1.82, 2.24) is 0 Å². The van der Waals surface area contributed by atoms with E-state index >= 15 is 0 Å². The molecule has 3 aromatic carbocycles. The van der Waals surface area contributed by atoms with Gasteiger partial charge in [-0.05, 0) is 18.4 Å². The van der Waals surface area contributed by atoms with Gasteiger partial charge >= 0.3 is 0 Å². The highest BCUT2D eigenvalue weighted by molar-refractivity contribution is 5.49. The molecule has 3 unspecified atom stereocenters. The molecule has 0 saturated heterocycles. The van der Waals surface area contributed by atoms with Crippen LogP contribution in [0.3, 0.4) is 0 Å². The third-order valence-electron chi connectivity index (χ3n) is 5.93. The van der Waals surface area contributed by atoms with Gasteiger partial charge < -0.3 is 4.74 Å². The SMILES string of the molecule is O=[N+]([O-])c1ccccc1C1CCC(OCc2ccccc2)C1c1ccccc1[N+](=O)[O-]. The molecule has 1 aliphatic rings. The topological polar surface area (TPSA) is 95.5 Å². The largest absolute Gasteiger partial charge is 0.373 e. The summed E-state index contributed by atoms with van der Waals surface area (Å²) in [5.41, 5.74) is 2.23.